The average molecular weight is 222 g/mol. The molecule has 0 aromatic heterocycles. The van der Waals surface area contributed by atoms with Crippen LogP contribution >= 0.6 is 0 Å². The maximum Gasteiger partial charge on any atom is 0.122 e. The molecule has 16 heavy (non-hydrogen) atoms. The fourth-order valence-electron chi connectivity index (χ4n) is 1.83. The lowest BCUT2D eigenvalue weighted by Crippen LogP contribution is -2.08. The number of aryl methyl sites for hydroxylation is 1. The summed E-state index contributed by atoms with van der Waals surface area (Å²) in [5.41, 5.74) is 2.45. The quantitative estimate of drug-likeness (QED) is 0.802. The van der Waals surface area contributed by atoms with Crippen LogP contribution in [0.4, 0.5) is 0 Å². The van der Waals surface area contributed by atoms with Crippen LogP contribution in [0.5, 0.6) is 5.75 Å². The summed E-state index contributed by atoms with van der Waals surface area (Å²) >= 11 is 0. The van der Waals surface area contributed by atoms with E-state index in [0.717, 1.165) is 18.6 Å². The molecule has 0 amide bonds. The summed E-state index contributed by atoms with van der Waals surface area (Å²) in [6, 6.07) is 6.28. The van der Waals surface area contributed by atoms with E-state index < -0.39 is 0 Å². The summed E-state index contributed by atoms with van der Waals surface area (Å²) in [4.78, 5) is 0. The SMILES string of the molecule is CCOc1ccc(CC(CC)CO)cc1C. The minimum atomic E-state index is 0.267. The number of aliphatic hydroxyl groups is 1. The summed E-state index contributed by atoms with van der Waals surface area (Å²) in [7, 11) is 0. The van der Waals surface area contributed by atoms with Gasteiger partial charge >= 0.3 is 0 Å². The maximum atomic E-state index is 9.17. The van der Waals surface area contributed by atoms with Gasteiger partial charge < -0.3 is 9.84 Å². The third-order valence-electron chi connectivity index (χ3n) is 2.90. The molecule has 0 aliphatic rings. The zero-order valence-corrected chi connectivity index (χ0v) is 10.5. The molecule has 1 rings (SSSR count). The van der Waals surface area contributed by atoms with Gasteiger partial charge in [0.15, 0.2) is 0 Å². The molecule has 0 spiro atoms. The topological polar surface area (TPSA) is 29.5 Å². The van der Waals surface area contributed by atoms with Crippen LogP contribution in [0.25, 0.3) is 0 Å². The molecule has 2 heteroatoms. The first-order valence-electron chi connectivity index (χ1n) is 6.04. The molecule has 0 heterocycles. The van der Waals surface area contributed by atoms with Gasteiger partial charge in [-0.15, -0.1) is 0 Å². The molecule has 1 N–H and O–H groups in total. The fraction of sp³-hybridized carbons (Fsp3) is 0.571. The predicted octanol–water partition coefficient (Wildman–Crippen LogP) is 2.95. The van der Waals surface area contributed by atoms with Gasteiger partial charge in [0.05, 0.1) is 6.61 Å². The van der Waals surface area contributed by atoms with Gasteiger partial charge in [0.2, 0.25) is 0 Å². The van der Waals surface area contributed by atoms with E-state index in [1.165, 1.54) is 11.1 Å². The first kappa shape index (κ1) is 13.0. The Morgan fingerprint density at radius 1 is 1.31 bits per heavy atom. The largest absolute Gasteiger partial charge is 0.494 e. The highest BCUT2D eigenvalue weighted by atomic mass is 16.5. The first-order valence-corrected chi connectivity index (χ1v) is 6.04. The average Bonchev–Trinajstić information content (AvgIpc) is 2.29. The third kappa shape index (κ3) is 3.53. The van der Waals surface area contributed by atoms with Gasteiger partial charge in [-0.2, -0.15) is 0 Å². The van der Waals surface area contributed by atoms with Crippen molar-refractivity contribution in [3.8, 4) is 5.75 Å². The molecule has 0 aliphatic heterocycles. The van der Waals surface area contributed by atoms with Gasteiger partial charge in [0.25, 0.3) is 0 Å². The van der Waals surface area contributed by atoms with Gasteiger partial charge in [-0.1, -0.05) is 25.5 Å². The second kappa shape index (κ2) is 6.54. The monoisotopic (exact) mass is 222 g/mol. The van der Waals surface area contributed by atoms with Crippen LogP contribution < -0.4 is 4.74 Å². The minimum Gasteiger partial charge on any atom is -0.494 e. The van der Waals surface area contributed by atoms with E-state index in [4.69, 9.17) is 4.74 Å². The molecule has 90 valence electrons. The number of ether oxygens (including phenoxy) is 1. The van der Waals surface area contributed by atoms with Gasteiger partial charge in [-0.25, -0.2) is 0 Å². The Labute approximate surface area is 98.3 Å². The minimum absolute atomic E-state index is 0.267. The number of benzene rings is 1. The fourth-order valence-corrected chi connectivity index (χ4v) is 1.83. The van der Waals surface area contributed by atoms with Crippen LogP contribution in [0.1, 0.15) is 31.4 Å². The van der Waals surface area contributed by atoms with Crippen molar-refractivity contribution in [2.24, 2.45) is 5.92 Å². The summed E-state index contributed by atoms with van der Waals surface area (Å²) in [6.07, 6.45) is 1.96. The van der Waals surface area contributed by atoms with Crippen molar-refractivity contribution in [2.75, 3.05) is 13.2 Å². The zero-order chi connectivity index (χ0) is 12.0. The molecule has 1 aromatic carbocycles. The molecule has 0 bridgehead atoms. The molecule has 0 fully saturated rings. The molecule has 0 aliphatic carbocycles. The van der Waals surface area contributed by atoms with E-state index in [9.17, 15) is 5.11 Å². The van der Waals surface area contributed by atoms with E-state index in [1.807, 2.05) is 13.0 Å². The summed E-state index contributed by atoms with van der Waals surface area (Å²) in [6.45, 7) is 7.14. The molecular weight excluding hydrogens is 200 g/mol. The van der Waals surface area contributed by atoms with Crippen molar-refractivity contribution in [3.63, 3.8) is 0 Å². The summed E-state index contributed by atoms with van der Waals surface area (Å²) in [5, 5.41) is 9.17. The smallest absolute Gasteiger partial charge is 0.122 e. The Hall–Kier alpha value is -1.02. The molecule has 1 atom stereocenters. The van der Waals surface area contributed by atoms with Crippen molar-refractivity contribution in [1.29, 1.82) is 0 Å². The number of hydrogen-bond donors (Lipinski definition) is 1. The lowest BCUT2D eigenvalue weighted by molar-refractivity contribution is 0.222. The normalized spacial score (nSPS) is 12.5. The van der Waals surface area contributed by atoms with E-state index in [0.29, 0.717) is 12.5 Å². The lowest BCUT2D eigenvalue weighted by Gasteiger charge is -2.13. The molecule has 0 saturated heterocycles. The Balaban J connectivity index is 2.72. The van der Waals surface area contributed by atoms with Crippen LogP contribution in [-0.4, -0.2) is 18.3 Å². The molecular formula is C14H22O2. The highest BCUT2D eigenvalue weighted by Crippen LogP contribution is 2.21. The Kier molecular flexibility index (Phi) is 5.33. The van der Waals surface area contributed by atoms with Crippen LogP contribution in [0, 0.1) is 12.8 Å². The number of rotatable bonds is 6. The number of aliphatic hydroxyl groups excluding tert-OH is 1. The predicted molar refractivity (Wildman–Crippen MR) is 66.9 cm³/mol. The van der Waals surface area contributed by atoms with Gasteiger partial charge in [-0.3, -0.25) is 0 Å². The molecule has 1 aromatic rings. The van der Waals surface area contributed by atoms with E-state index in [-0.39, 0.29) is 6.61 Å². The van der Waals surface area contributed by atoms with Crippen molar-refractivity contribution < 1.29 is 9.84 Å². The highest BCUT2D eigenvalue weighted by molar-refractivity contribution is 5.36. The van der Waals surface area contributed by atoms with Gasteiger partial charge in [0, 0.05) is 6.61 Å². The van der Waals surface area contributed by atoms with Crippen LogP contribution in [0.3, 0.4) is 0 Å². The number of hydrogen-bond acceptors (Lipinski definition) is 2. The maximum absolute atomic E-state index is 9.17. The summed E-state index contributed by atoms with van der Waals surface area (Å²) < 4.78 is 5.50. The lowest BCUT2D eigenvalue weighted by atomic mass is 9.96. The first-order chi connectivity index (χ1) is 7.71. The second-order valence-corrected chi connectivity index (χ2v) is 4.19. The van der Waals surface area contributed by atoms with E-state index >= 15 is 0 Å². The van der Waals surface area contributed by atoms with Crippen molar-refractivity contribution in [2.45, 2.75) is 33.6 Å². The van der Waals surface area contributed by atoms with Crippen molar-refractivity contribution >= 4 is 0 Å². The van der Waals surface area contributed by atoms with Crippen LogP contribution in [0.2, 0.25) is 0 Å². The van der Waals surface area contributed by atoms with Crippen molar-refractivity contribution in [1.82, 2.24) is 0 Å². The van der Waals surface area contributed by atoms with Crippen LogP contribution in [-0.2, 0) is 6.42 Å². The van der Waals surface area contributed by atoms with Crippen molar-refractivity contribution in [3.05, 3.63) is 29.3 Å². The third-order valence-corrected chi connectivity index (χ3v) is 2.90. The Morgan fingerprint density at radius 3 is 2.56 bits per heavy atom. The second-order valence-electron chi connectivity index (χ2n) is 4.19. The summed E-state index contributed by atoms with van der Waals surface area (Å²) in [5.74, 6) is 1.33. The van der Waals surface area contributed by atoms with E-state index in [1.54, 1.807) is 0 Å². The Morgan fingerprint density at radius 2 is 2.06 bits per heavy atom. The van der Waals surface area contributed by atoms with E-state index in [2.05, 4.69) is 26.0 Å². The standard InChI is InChI=1S/C14H22O2/c1-4-12(10-15)9-13-6-7-14(16-5-2)11(3)8-13/h6-8,12,15H,4-5,9-10H2,1-3H3. The molecule has 0 radical (unpaired) electrons. The molecule has 1 unspecified atom stereocenters. The highest BCUT2D eigenvalue weighted by Gasteiger charge is 2.07. The van der Waals surface area contributed by atoms with Gasteiger partial charge in [0.1, 0.15) is 5.75 Å². The van der Waals surface area contributed by atoms with Gasteiger partial charge in [-0.05, 0) is 43.4 Å². The molecule has 0 saturated carbocycles. The zero-order valence-electron chi connectivity index (χ0n) is 10.5. The Bertz CT molecular complexity index is 317. The van der Waals surface area contributed by atoms with Crippen LogP contribution in [0.15, 0.2) is 18.2 Å². The molecule has 2 nitrogen and oxygen atoms in total.